The molecule has 0 bridgehead atoms. The average molecular weight is 167 g/mol. The van der Waals surface area contributed by atoms with Crippen LogP contribution in [0.3, 0.4) is 0 Å². The highest BCUT2D eigenvalue weighted by Crippen LogP contribution is 1.95. The highest BCUT2D eigenvalue weighted by atomic mass is 16.4. The topological polar surface area (TPSA) is 102 Å². The van der Waals surface area contributed by atoms with E-state index < -0.39 is 5.97 Å². The molecule has 0 saturated heterocycles. The molecule has 0 aliphatic rings. The molecular formula is C6H5N3O3. The first-order valence-electron chi connectivity index (χ1n) is 2.99. The quantitative estimate of drug-likeness (QED) is 0.518. The van der Waals surface area contributed by atoms with E-state index in [4.69, 9.17) is 15.3 Å². The summed E-state index contributed by atoms with van der Waals surface area (Å²) in [5.41, 5.74) is 5.16. The molecule has 1 heterocycles. The number of nitrogens with two attached hydrogens (primary N) is 1. The van der Waals surface area contributed by atoms with E-state index >= 15 is 0 Å². The minimum atomic E-state index is -1.25. The van der Waals surface area contributed by atoms with Crippen LogP contribution in [-0.2, 0) is 11.3 Å². The summed E-state index contributed by atoms with van der Waals surface area (Å²) >= 11 is 0. The van der Waals surface area contributed by atoms with Crippen molar-refractivity contribution < 1.29 is 14.3 Å². The minimum absolute atomic E-state index is 0.0437. The zero-order valence-corrected chi connectivity index (χ0v) is 5.94. The molecule has 0 spiro atoms. The molecule has 0 unspecified atom stereocenters. The smallest absolute Gasteiger partial charge is 0.382 e. The number of aromatic nitrogens is 2. The van der Waals surface area contributed by atoms with Crippen LogP contribution in [0.2, 0.25) is 0 Å². The van der Waals surface area contributed by atoms with Crippen LogP contribution in [0, 0.1) is 11.8 Å². The first kappa shape index (κ1) is 8.23. The average Bonchev–Trinajstić information content (AvgIpc) is 2.48. The number of aliphatic carboxylic acids is 1. The van der Waals surface area contributed by atoms with Crippen molar-refractivity contribution in [3.05, 3.63) is 11.8 Å². The van der Waals surface area contributed by atoms with E-state index in [1.54, 1.807) is 0 Å². The van der Waals surface area contributed by atoms with Crippen LogP contribution in [0.5, 0.6) is 0 Å². The lowest BCUT2D eigenvalue weighted by Gasteiger charge is -1.78. The standard InChI is InChI=1S/C6H5N3O3/c7-3-5-9-8-4(12-5)1-2-6(10)11/h3,7H2,(H,10,11). The Hall–Kier alpha value is -1.87. The van der Waals surface area contributed by atoms with Crippen LogP contribution >= 0.6 is 0 Å². The molecule has 0 radical (unpaired) electrons. The maximum atomic E-state index is 9.96. The SMILES string of the molecule is NCc1nnc(C#CC(=O)O)o1. The summed E-state index contributed by atoms with van der Waals surface area (Å²) in [6.07, 6.45) is 0. The van der Waals surface area contributed by atoms with Crippen LogP contribution in [-0.4, -0.2) is 21.3 Å². The molecule has 0 saturated carbocycles. The predicted octanol–water partition coefficient (Wildman–Crippen LogP) is -1.04. The molecule has 62 valence electrons. The van der Waals surface area contributed by atoms with Gasteiger partial charge in [0, 0.05) is 11.8 Å². The van der Waals surface area contributed by atoms with Crippen molar-refractivity contribution in [1.29, 1.82) is 0 Å². The number of rotatable bonds is 1. The molecule has 12 heavy (non-hydrogen) atoms. The lowest BCUT2D eigenvalue weighted by molar-refractivity contribution is -0.130. The van der Waals surface area contributed by atoms with Crippen molar-refractivity contribution in [2.24, 2.45) is 5.73 Å². The molecule has 0 atom stereocenters. The molecule has 0 amide bonds. The second-order valence-electron chi connectivity index (χ2n) is 1.76. The van der Waals surface area contributed by atoms with E-state index in [0.717, 1.165) is 0 Å². The number of carbonyl (C=O) groups is 1. The van der Waals surface area contributed by atoms with E-state index in [9.17, 15) is 4.79 Å². The Morgan fingerprint density at radius 1 is 1.67 bits per heavy atom. The third-order valence-electron chi connectivity index (χ3n) is 0.918. The molecule has 3 N–H and O–H groups in total. The van der Waals surface area contributed by atoms with Crippen molar-refractivity contribution in [2.75, 3.05) is 0 Å². The molecule has 1 rings (SSSR count). The molecule has 0 aliphatic carbocycles. The summed E-state index contributed by atoms with van der Waals surface area (Å²) < 4.78 is 4.80. The Kier molecular flexibility index (Phi) is 2.40. The molecular weight excluding hydrogens is 162 g/mol. The van der Waals surface area contributed by atoms with Gasteiger partial charge in [-0.2, -0.15) is 0 Å². The van der Waals surface area contributed by atoms with E-state index in [-0.39, 0.29) is 18.3 Å². The van der Waals surface area contributed by atoms with E-state index in [1.807, 2.05) is 5.92 Å². The van der Waals surface area contributed by atoms with Gasteiger partial charge in [0.2, 0.25) is 5.89 Å². The summed E-state index contributed by atoms with van der Waals surface area (Å²) in [4.78, 5) is 9.96. The molecule has 0 aliphatic heterocycles. The van der Waals surface area contributed by atoms with E-state index in [2.05, 4.69) is 16.1 Å². The Balaban J connectivity index is 2.78. The van der Waals surface area contributed by atoms with Crippen molar-refractivity contribution in [2.45, 2.75) is 6.54 Å². The number of hydrogen-bond donors (Lipinski definition) is 2. The van der Waals surface area contributed by atoms with Gasteiger partial charge >= 0.3 is 5.97 Å². The highest BCUT2D eigenvalue weighted by molar-refractivity contribution is 5.86. The van der Waals surface area contributed by atoms with Crippen molar-refractivity contribution in [3.8, 4) is 11.8 Å². The third kappa shape index (κ3) is 2.07. The minimum Gasteiger partial charge on any atom is -0.472 e. The Morgan fingerprint density at radius 2 is 2.42 bits per heavy atom. The first-order valence-corrected chi connectivity index (χ1v) is 2.99. The van der Waals surface area contributed by atoms with E-state index in [1.165, 1.54) is 0 Å². The molecule has 1 aromatic rings. The largest absolute Gasteiger partial charge is 0.472 e. The number of hydrogen-bond acceptors (Lipinski definition) is 5. The molecule has 0 fully saturated rings. The lowest BCUT2D eigenvalue weighted by Crippen LogP contribution is -1.95. The second-order valence-corrected chi connectivity index (χ2v) is 1.76. The first-order chi connectivity index (χ1) is 5.72. The monoisotopic (exact) mass is 167 g/mol. The predicted molar refractivity (Wildman–Crippen MR) is 36.7 cm³/mol. The zero-order chi connectivity index (χ0) is 8.97. The molecule has 6 heteroatoms. The fourth-order valence-corrected chi connectivity index (χ4v) is 0.494. The Morgan fingerprint density at radius 3 is 2.92 bits per heavy atom. The Labute approximate surface area is 67.4 Å². The number of carboxylic acids is 1. The maximum absolute atomic E-state index is 9.96. The summed E-state index contributed by atoms with van der Waals surface area (Å²) in [6.45, 7) is 0.113. The summed E-state index contributed by atoms with van der Waals surface area (Å²) in [6, 6.07) is 0. The van der Waals surface area contributed by atoms with Gasteiger partial charge in [0.1, 0.15) is 0 Å². The van der Waals surface area contributed by atoms with Crippen LogP contribution in [0.4, 0.5) is 0 Å². The van der Waals surface area contributed by atoms with Gasteiger partial charge in [0.05, 0.1) is 6.54 Å². The van der Waals surface area contributed by atoms with Gasteiger partial charge in [0.15, 0.2) is 0 Å². The van der Waals surface area contributed by atoms with Gasteiger partial charge in [-0.25, -0.2) is 4.79 Å². The van der Waals surface area contributed by atoms with Crippen LogP contribution in [0.25, 0.3) is 0 Å². The van der Waals surface area contributed by atoms with E-state index in [0.29, 0.717) is 0 Å². The lowest BCUT2D eigenvalue weighted by atomic mass is 10.6. The van der Waals surface area contributed by atoms with Crippen molar-refractivity contribution in [1.82, 2.24) is 10.2 Å². The fourth-order valence-electron chi connectivity index (χ4n) is 0.494. The summed E-state index contributed by atoms with van der Waals surface area (Å²) in [5, 5.41) is 15.1. The van der Waals surface area contributed by atoms with Gasteiger partial charge in [-0.1, -0.05) is 5.10 Å². The molecule has 1 aromatic heterocycles. The van der Waals surface area contributed by atoms with Crippen molar-refractivity contribution in [3.63, 3.8) is 0 Å². The third-order valence-corrected chi connectivity index (χ3v) is 0.918. The highest BCUT2D eigenvalue weighted by Gasteiger charge is 1.99. The van der Waals surface area contributed by atoms with Gasteiger partial charge in [-0.3, -0.25) is 0 Å². The zero-order valence-electron chi connectivity index (χ0n) is 5.94. The number of carboxylic acid groups (broad SMARTS) is 1. The molecule has 6 nitrogen and oxygen atoms in total. The van der Waals surface area contributed by atoms with Crippen LogP contribution < -0.4 is 5.73 Å². The van der Waals surface area contributed by atoms with Gasteiger partial charge < -0.3 is 15.3 Å². The maximum Gasteiger partial charge on any atom is 0.382 e. The van der Waals surface area contributed by atoms with Gasteiger partial charge in [-0.05, 0) is 0 Å². The summed E-state index contributed by atoms with van der Waals surface area (Å²) in [7, 11) is 0. The summed E-state index contributed by atoms with van der Waals surface area (Å²) in [5.74, 6) is 2.92. The fraction of sp³-hybridized carbons (Fsp3) is 0.167. The van der Waals surface area contributed by atoms with Gasteiger partial charge in [-0.15, -0.1) is 5.10 Å². The second kappa shape index (κ2) is 3.50. The van der Waals surface area contributed by atoms with Crippen LogP contribution in [0.1, 0.15) is 11.8 Å². The molecule has 0 aromatic carbocycles. The van der Waals surface area contributed by atoms with Crippen molar-refractivity contribution >= 4 is 5.97 Å². The Bertz CT molecular complexity index is 346. The van der Waals surface area contributed by atoms with Gasteiger partial charge in [0.25, 0.3) is 5.89 Å². The normalized spacial score (nSPS) is 8.75. The number of nitrogens with zero attached hydrogens (tertiary/aromatic N) is 2. The van der Waals surface area contributed by atoms with Crippen LogP contribution in [0.15, 0.2) is 4.42 Å².